The van der Waals surface area contributed by atoms with Gasteiger partial charge in [-0.1, -0.05) is 18.2 Å². The van der Waals surface area contributed by atoms with E-state index in [1.165, 1.54) is 0 Å². The zero-order valence-electron chi connectivity index (χ0n) is 24.4. The zero-order chi connectivity index (χ0) is 29.8. The second-order valence-corrected chi connectivity index (χ2v) is 10.8. The van der Waals surface area contributed by atoms with Crippen molar-refractivity contribution in [2.24, 2.45) is 0 Å². The van der Waals surface area contributed by atoms with E-state index in [2.05, 4.69) is 6.07 Å². The SMILES string of the molecule is COc1c2cc(CO)cc1Cc1cc(CO)cc(c1OC)Cc1cc(CO)cc(c1OC)Cc1cc(CO)cc(c1)C2. The second kappa shape index (κ2) is 13.0. The molecule has 7 heteroatoms. The van der Waals surface area contributed by atoms with Gasteiger partial charge in [0.05, 0.1) is 47.8 Å². The van der Waals surface area contributed by atoms with Gasteiger partial charge in [0, 0.05) is 25.7 Å². The van der Waals surface area contributed by atoms with Crippen LogP contribution in [-0.4, -0.2) is 41.8 Å². The van der Waals surface area contributed by atoms with Gasteiger partial charge in [0.25, 0.3) is 0 Å². The van der Waals surface area contributed by atoms with Gasteiger partial charge in [0.1, 0.15) is 17.2 Å². The molecular formula is C35H38O7. The Balaban J connectivity index is 1.82. The summed E-state index contributed by atoms with van der Waals surface area (Å²) in [5.74, 6) is 2.16. The predicted octanol–water partition coefficient (Wildman–Crippen LogP) is 4.36. The Morgan fingerprint density at radius 2 is 0.667 bits per heavy atom. The summed E-state index contributed by atoms with van der Waals surface area (Å²) in [6.45, 7) is -0.468. The smallest absolute Gasteiger partial charge is 0.125 e. The van der Waals surface area contributed by atoms with Crippen LogP contribution in [0.2, 0.25) is 0 Å². The molecule has 0 aliphatic heterocycles. The predicted molar refractivity (Wildman–Crippen MR) is 160 cm³/mol. The Bertz CT molecular complexity index is 1480. The summed E-state index contributed by atoms with van der Waals surface area (Å²) in [5.41, 5.74) is 10.5. The number of ether oxygens (including phenoxy) is 3. The number of aliphatic hydroxyl groups excluding tert-OH is 4. The Hall–Kier alpha value is -3.88. The van der Waals surface area contributed by atoms with E-state index < -0.39 is 0 Å². The fourth-order valence-electron chi connectivity index (χ4n) is 6.31. The molecule has 8 bridgehead atoms. The fourth-order valence-corrected chi connectivity index (χ4v) is 6.31. The third kappa shape index (κ3) is 6.01. The van der Waals surface area contributed by atoms with E-state index in [-0.39, 0.29) is 26.4 Å². The number of rotatable bonds is 7. The Morgan fingerprint density at radius 1 is 0.405 bits per heavy atom. The van der Waals surface area contributed by atoms with Crippen LogP contribution in [0.25, 0.3) is 0 Å². The van der Waals surface area contributed by atoms with Crippen LogP contribution in [0.4, 0.5) is 0 Å². The van der Waals surface area contributed by atoms with Crippen molar-refractivity contribution in [3.63, 3.8) is 0 Å². The molecule has 0 fully saturated rings. The molecule has 4 aromatic carbocycles. The van der Waals surface area contributed by atoms with Crippen molar-refractivity contribution in [1.29, 1.82) is 0 Å². The number of hydrogen-bond acceptors (Lipinski definition) is 7. The molecule has 1 aliphatic carbocycles. The minimum Gasteiger partial charge on any atom is -0.496 e. The number of fused-ring (bicyclic) bond motifs is 8. The zero-order valence-corrected chi connectivity index (χ0v) is 24.4. The highest BCUT2D eigenvalue weighted by Gasteiger charge is 2.21. The molecule has 0 radical (unpaired) electrons. The highest BCUT2D eigenvalue weighted by atomic mass is 16.5. The van der Waals surface area contributed by atoms with Gasteiger partial charge in [-0.3, -0.25) is 0 Å². The lowest BCUT2D eigenvalue weighted by Crippen LogP contribution is -2.08. The Morgan fingerprint density at radius 3 is 0.929 bits per heavy atom. The molecule has 1 aliphatic rings. The number of benzene rings is 4. The van der Waals surface area contributed by atoms with E-state index in [1.807, 2.05) is 48.5 Å². The van der Waals surface area contributed by atoms with Crippen molar-refractivity contribution < 1.29 is 34.6 Å². The molecule has 0 unspecified atom stereocenters. The molecule has 0 amide bonds. The van der Waals surface area contributed by atoms with Gasteiger partial charge in [-0.2, -0.15) is 0 Å². The van der Waals surface area contributed by atoms with Crippen molar-refractivity contribution in [3.8, 4) is 17.2 Å². The average Bonchev–Trinajstić information content (AvgIpc) is 3.00. The van der Waals surface area contributed by atoms with E-state index in [0.29, 0.717) is 31.4 Å². The fraction of sp³-hybridized carbons (Fsp3) is 0.314. The molecule has 4 aromatic rings. The topological polar surface area (TPSA) is 109 Å². The molecule has 0 aromatic heterocycles. The summed E-state index contributed by atoms with van der Waals surface area (Å²) in [6.07, 6.45) is 1.97. The number of methoxy groups -OCH3 is 3. The maximum atomic E-state index is 10.2. The number of aliphatic hydroxyl groups is 4. The third-order valence-corrected chi connectivity index (χ3v) is 7.91. The summed E-state index contributed by atoms with van der Waals surface area (Å²) in [5, 5.41) is 40.6. The lowest BCUT2D eigenvalue weighted by atomic mass is 9.89. The van der Waals surface area contributed by atoms with Gasteiger partial charge in [-0.25, -0.2) is 0 Å². The van der Waals surface area contributed by atoms with E-state index >= 15 is 0 Å². The maximum absolute atomic E-state index is 10.2. The van der Waals surface area contributed by atoms with Crippen LogP contribution in [0.15, 0.2) is 54.6 Å². The standard InChI is InChI=1S/C35H38O7/c1-40-33-27-7-21-4-22(6-23(5-21)17-36)8-28-10-25(19-38)12-30(34(28)41-2)16-32-14-26(20-39)13-31(35(32)42-3)15-29(33)11-24(9-27)18-37/h4-6,9-14,36-39H,7-8,15-20H2,1-3H3. The normalized spacial score (nSPS) is 12.6. The van der Waals surface area contributed by atoms with Gasteiger partial charge >= 0.3 is 0 Å². The van der Waals surface area contributed by atoms with Crippen LogP contribution < -0.4 is 14.2 Å². The molecule has 0 saturated heterocycles. The van der Waals surface area contributed by atoms with Crippen LogP contribution in [0.5, 0.6) is 17.2 Å². The van der Waals surface area contributed by atoms with Crippen LogP contribution in [0, 0.1) is 0 Å². The molecule has 220 valence electrons. The lowest BCUT2D eigenvalue weighted by molar-refractivity contribution is 0.281. The summed E-state index contributed by atoms with van der Waals surface area (Å²) in [7, 11) is 4.95. The first-order valence-corrected chi connectivity index (χ1v) is 14.0. The first-order chi connectivity index (χ1) is 20.4. The third-order valence-electron chi connectivity index (χ3n) is 7.91. The molecule has 5 rings (SSSR count). The van der Waals surface area contributed by atoms with Crippen molar-refractivity contribution in [2.75, 3.05) is 21.3 Å². The van der Waals surface area contributed by atoms with Gasteiger partial charge in [0.2, 0.25) is 0 Å². The monoisotopic (exact) mass is 570 g/mol. The van der Waals surface area contributed by atoms with Crippen LogP contribution in [-0.2, 0) is 52.1 Å². The molecule has 0 atom stereocenters. The molecule has 0 heterocycles. The highest BCUT2D eigenvalue weighted by molar-refractivity contribution is 5.56. The van der Waals surface area contributed by atoms with Gasteiger partial charge in [-0.15, -0.1) is 0 Å². The second-order valence-electron chi connectivity index (χ2n) is 10.8. The molecule has 4 N–H and O–H groups in total. The van der Waals surface area contributed by atoms with Crippen molar-refractivity contribution in [1.82, 2.24) is 0 Å². The van der Waals surface area contributed by atoms with Gasteiger partial charge < -0.3 is 34.6 Å². The summed E-state index contributed by atoms with van der Waals surface area (Å²) in [4.78, 5) is 0. The molecule has 42 heavy (non-hydrogen) atoms. The molecule has 7 nitrogen and oxygen atoms in total. The minimum atomic E-state index is -0.135. The lowest BCUT2D eigenvalue weighted by Gasteiger charge is -2.22. The van der Waals surface area contributed by atoms with Crippen LogP contribution >= 0.6 is 0 Å². The molecule has 0 spiro atoms. The minimum absolute atomic E-state index is 0.0966. The van der Waals surface area contributed by atoms with E-state index in [4.69, 9.17) is 14.2 Å². The summed E-state index contributed by atoms with van der Waals surface area (Å²) in [6, 6.07) is 17.8. The van der Waals surface area contributed by atoms with E-state index in [9.17, 15) is 20.4 Å². The first kappa shape index (κ1) is 29.6. The van der Waals surface area contributed by atoms with Gasteiger partial charge in [-0.05, 0) is 103 Å². The molecular weight excluding hydrogens is 532 g/mol. The Labute approximate surface area is 246 Å². The maximum Gasteiger partial charge on any atom is 0.125 e. The van der Waals surface area contributed by atoms with E-state index in [1.54, 1.807) is 21.3 Å². The van der Waals surface area contributed by atoms with Crippen LogP contribution in [0.1, 0.15) is 66.8 Å². The van der Waals surface area contributed by atoms with Crippen molar-refractivity contribution in [3.05, 3.63) is 121 Å². The summed E-state index contributed by atoms with van der Waals surface area (Å²) >= 11 is 0. The van der Waals surface area contributed by atoms with E-state index in [0.717, 1.165) is 78.3 Å². The molecule has 0 saturated carbocycles. The number of hydrogen-bond donors (Lipinski definition) is 4. The average molecular weight is 571 g/mol. The first-order valence-electron chi connectivity index (χ1n) is 14.0. The Kier molecular flexibility index (Phi) is 9.14. The van der Waals surface area contributed by atoms with Gasteiger partial charge in [0.15, 0.2) is 0 Å². The largest absolute Gasteiger partial charge is 0.496 e. The van der Waals surface area contributed by atoms with Crippen LogP contribution in [0.3, 0.4) is 0 Å². The highest BCUT2D eigenvalue weighted by Crippen LogP contribution is 2.38. The summed E-state index contributed by atoms with van der Waals surface area (Å²) < 4.78 is 18.0. The van der Waals surface area contributed by atoms with Crippen molar-refractivity contribution in [2.45, 2.75) is 52.1 Å². The van der Waals surface area contributed by atoms with Crippen molar-refractivity contribution >= 4 is 0 Å². The quantitative estimate of drug-likeness (QED) is 0.230.